The maximum absolute atomic E-state index is 8.85. The summed E-state index contributed by atoms with van der Waals surface area (Å²) in [4.78, 5) is 13.8. The molecule has 3 aromatic heterocycles. The van der Waals surface area contributed by atoms with Crippen LogP contribution in [0, 0.1) is 18.3 Å². The molecular weight excluding hydrogens is 386 g/mol. The average Bonchev–Trinajstić information content (AvgIpc) is 3.16. The Kier molecular flexibility index (Phi) is 5.59. The summed E-state index contributed by atoms with van der Waals surface area (Å²) in [6.07, 6.45) is 8.79. The topological polar surface area (TPSA) is 138 Å². The molecule has 29 heavy (non-hydrogen) atoms. The molecule has 1 aliphatic rings. The van der Waals surface area contributed by atoms with Gasteiger partial charge in [-0.3, -0.25) is 0 Å². The van der Waals surface area contributed by atoms with Crippen molar-refractivity contribution in [1.29, 1.82) is 5.26 Å². The molecule has 0 amide bonds. The maximum atomic E-state index is 8.85. The summed E-state index contributed by atoms with van der Waals surface area (Å²) >= 11 is 1.58. The van der Waals surface area contributed by atoms with E-state index in [0.29, 0.717) is 17.7 Å². The average molecular weight is 408 g/mol. The molecular formula is C19H21N9S. The molecule has 4 N–H and O–H groups in total. The second-order valence-corrected chi connectivity index (χ2v) is 8.28. The highest BCUT2D eigenvalue weighted by Crippen LogP contribution is 2.32. The first-order chi connectivity index (χ1) is 14.1. The van der Waals surface area contributed by atoms with Crippen LogP contribution in [0.4, 0.5) is 17.3 Å². The molecule has 0 aliphatic heterocycles. The highest BCUT2D eigenvalue weighted by Gasteiger charge is 2.21. The molecule has 0 spiro atoms. The number of aryl methyl sites for hydroxylation is 1. The van der Waals surface area contributed by atoms with Crippen LogP contribution in [0.25, 0.3) is 10.7 Å². The number of aromatic nitrogens is 5. The standard InChI is InChI=1S/C19H21N9S/c1-11-8-24-19(29-11)18-15(25-13-4-2-12(21)3-5-13)6-16(27-28-18)26-17-10-22-14(7-20)9-23-17/h6,8-10,12-13H,2-5,21H2,1H3,(H2,23,25,26,27). The van der Waals surface area contributed by atoms with Crippen molar-refractivity contribution in [3.05, 3.63) is 35.2 Å². The predicted molar refractivity (Wildman–Crippen MR) is 112 cm³/mol. The summed E-state index contributed by atoms with van der Waals surface area (Å²) in [7, 11) is 0. The number of nitriles is 1. The van der Waals surface area contributed by atoms with Gasteiger partial charge in [-0.05, 0) is 32.6 Å². The number of nitrogens with two attached hydrogens (primary N) is 1. The van der Waals surface area contributed by atoms with Crippen molar-refractivity contribution in [3.8, 4) is 16.8 Å². The van der Waals surface area contributed by atoms with Gasteiger partial charge in [0, 0.05) is 29.2 Å². The highest BCUT2D eigenvalue weighted by molar-refractivity contribution is 7.14. The van der Waals surface area contributed by atoms with E-state index in [9.17, 15) is 0 Å². The van der Waals surface area contributed by atoms with E-state index in [-0.39, 0.29) is 11.7 Å². The predicted octanol–water partition coefficient (Wildman–Crippen LogP) is 3.00. The van der Waals surface area contributed by atoms with E-state index in [0.717, 1.165) is 46.9 Å². The van der Waals surface area contributed by atoms with E-state index in [1.54, 1.807) is 11.3 Å². The van der Waals surface area contributed by atoms with E-state index in [4.69, 9.17) is 11.0 Å². The molecule has 1 saturated carbocycles. The van der Waals surface area contributed by atoms with Crippen LogP contribution in [0.15, 0.2) is 24.7 Å². The van der Waals surface area contributed by atoms with Gasteiger partial charge in [-0.1, -0.05) is 0 Å². The Morgan fingerprint density at radius 3 is 2.55 bits per heavy atom. The van der Waals surface area contributed by atoms with Gasteiger partial charge in [0.2, 0.25) is 0 Å². The van der Waals surface area contributed by atoms with E-state index in [1.165, 1.54) is 12.4 Å². The van der Waals surface area contributed by atoms with Crippen LogP contribution in [0.5, 0.6) is 0 Å². The Labute approximate surface area is 172 Å². The van der Waals surface area contributed by atoms with E-state index in [2.05, 4.69) is 35.8 Å². The van der Waals surface area contributed by atoms with Crippen molar-refractivity contribution in [1.82, 2.24) is 25.1 Å². The van der Waals surface area contributed by atoms with Gasteiger partial charge in [0.05, 0.1) is 18.1 Å². The molecule has 0 bridgehead atoms. The van der Waals surface area contributed by atoms with Crippen molar-refractivity contribution in [3.63, 3.8) is 0 Å². The van der Waals surface area contributed by atoms with Crippen molar-refractivity contribution >= 4 is 28.7 Å². The number of rotatable bonds is 5. The molecule has 0 saturated heterocycles. The summed E-state index contributed by atoms with van der Waals surface area (Å²) in [6, 6.07) is 4.48. The lowest BCUT2D eigenvalue weighted by Crippen LogP contribution is -2.33. The monoisotopic (exact) mass is 407 g/mol. The molecule has 0 atom stereocenters. The zero-order valence-electron chi connectivity index (χ0n) is 16.0. The molecule has 3 aromatic rings. The van der Waals surface area contributed by atoms with Gasteiger partial charge < -0.3 is 16.4 Å². The van der Waals surface area contributed by atoms with Crippen LogP contribution < -0.4 is 16.4 Å². The first kappa shape index (κ1) is 19.2. The summed E-state index contributed by atoms with van der Waals surface area (Å²) in [6.45, 7) is 2.02. The van der Waals surface area contributed by atoms with Crippen molar-refractivity contribution < 1.29 is 0 Å². The summed E-state index contributed by atoms with van der Waals surface area (Å²) in [5.74, 6) is 1.03. The molecule has 148 valence electrons. The lowest BCUT2D eigenvalue weighted by Gasteiger charge is -2.28. The second-order valence-electron chi connectivity index (χ2n) is 7.05. The normalized spacial score (nSPS) is 18.8. The van der Waals surface area contributed by atoms with Gasteiger partial charge >= 0.3 is 0 Å². The van der Waals surface area contributed by atoms with E-state index in [1.807, 2.05) is 25.3 Å². The van der Waals surface area contributed by atoms with Crippen molar-refractivity contribution in [2.75, 3.05) is 10.6 Å². The zero-order chi connectivity index (χ0) is 20.2. The molecule has 0 unspecified atom stereocenters. The number of anilines is 3. The minimum atomic E-state index is 0.258. The molecule has 3 heterocycles. The van der Waals surface area contributed by atoms with Crippen LogP contribution in [-0.4, -0.2) is 37.2 Å². The fraction of sp³-hybridized carbons (Fsp3) is 0.368. The minimum Gasteiger partial charge on any atom is -0.380 e. The van der Waals surface area contributed by atoms with Crippen LogP contribution in [0.2, 0.25) is 0 Å². The van der Waals surface area contributed by atoms with Gasteiger partial charge in [-0.25, -0.2) is 15.0 Å². The quantitative estimate of drug-likeness (QED) is 0.582. The SMILES string of the molecule is Cc1cnc(-c2nnc(Nc3cnc(C#N)cn3)cc2NC2CCC(N)CC2)s1. The summed E-state index contributed by atoms with van der Waals surface area (Å²) in [5, 5.41) is 25.1. The Balaban J connectivity index is 1.61. The Bertz CT molecular complexity index is 1020. The van der Waals surface area contributed by atoms with Gasteiger partial charge in [-0.15, -0.1) is 21.5 Å². The number of hydrogen-bond acceptors (Lipinski definition) is 10. The first-order valence-corrected chi connectivity index (χ1v) is 10.2. The molecule has 10 heteroatoms. The third-order valence-electron chi connectivity index (χ3n) is 4.77. The lowest BCUT2D eigenvalue weighted by molar-refractivity contribution is 0.411. The van der Waals surface area contributed by atoms with E-state index >= 15 is 0 Å². The number of nitrogens with one attached hydrogen (secondary N) is 2. The number of hydrogen-bond donors (Lipinski definition) is 3. The van der Waals surface area contributed by atoms with Crippen LogP contribution in [-0.2, 0) is 0 Å². The smallest absolute Gasteiger partial charge is 0.158 e. The van der Waals surface area contributed by atoms with Gasteiger partial charge in [0.1, 0.15) is 22.6 Å². The molecule has 9 nitrogen and oxygen atoms in total. The number of thiazole rings is 1. The Hall–Kier alpha value is -3.16. The fourth-order valence-electron chi connectivity index (χ4n) is 3.25. The summed E-state index contributed by atoms with van der Waals surface area (Å²) < 4.78 is 0. The fourth-order valence-corrected chi connectivity index (χ4v) is 4.01. The molecule has 0 radical (unpaired) electrons. The largest absolute Gasteiger partial charge is 0.380 e. The lowest BCUT2D eigenvalue weighted by atomic mass is 9.91. The Morgan fingerprint density at radius 1 is 1.07 bits per heavy atom. The third kappa shape index (κ3) is 4.64. The molecule has 1 aliphatic carbocycles. The van der Waals surface area contributed by atoms with E-state index < -0.39 is 0 Å². The van der Waals surface area contributed by atoms with Crippen molar-refractivity contribution in [2.24, 2.45) is 5.73 Å². The number of nitrogens with zero attached hydrogens (tertiary/aromatic N) is 6. The van der Waals surface area contributed by atoms with Crippen molar-refractivity contribution in [2.45, 2.75) is 44.7 Å². The third-order valence-corrected chi connectivity index (χ3v) is 5.69. The molecule has 1 fully saturated rings. The second kappa shape index (κ2) is 8.46. The minimum absolute atomic E-state index is 0.258. The van der Waals surface area contributed by atoms with Gasteiger partial charge in [0.15, 0.2) is 11.5 Å². The Morgan fingerprint density at radius 2 is 1.90 bits per heavy atom. The van der Waals surface area contributed by atoms with Gasteiger partial charge in [-0.2, -0.15) is 5.26 Å². The zero-order valence-corrected chi connectivity index (χ0v) is 16.8. The first-order valence-electron chi connectivity index (χ1n) is 9.42. The summed E-state index contributed by atoms with van der Waals surface area (Å²) in [5.41, 5.74) is 7.91. The van der Waals surface area contributed by atoms with Crippen LogP contribution in [0.3, 0.4) is 0 Å². The van der Waals surface area contributed by atoms with Gasteiger partial charge in [0.25, 0.3) is 0 Å². The molecule has 0 aromatic carbocycles. The van der Waals surface area contributed by atoms with Crippen LogP contribution in [0.1, 0.15) is 36.3 Å². The van der Waals surface area contributed by atoms with Crippen LogP contribution >= 0.6 is 11.3 Å². The maximum Gasteiger partial charge on any atom is 0.158 e. The highest BCUT2D eigenvalue weighted by atomic mass is 32.1. The molecule has 4 rings (SSSR count).